The van der Waals surface area contributed by atoms with Gasteiger partial charge in [0.25, 0.3) is 0 Å². The maximum Gasteiger partial charge on any atom is 0.175 e. The van der Waals surface area contributed by atoms with E-state index in [1.165, 1.54) is 5.56 Å². The van der Waals surface area contributed by atoms with Gasteiger partial charge in [-0.25, -0.2) is 4.98 Å². The second-order valence-corrected chi connectivity index (χ2v) is 8.88. The van der Waals surface area contributed by atoms with Crippen LogP contribution in [0.2, 0.25) is 0 Å². The SMILES string of the molecule is COc1ccc(CSc2nnc(SCc3cn4ccccc4n3)s2)cc1. The van der Waals surface area contributed by atoms with Crippen LogP contribution in [0.4, 0.5) is 0 Å². The Labute approximate surface area is 163 Å². The summed E-state index contributed by atoms with van der Waals surface area (Å²) in [4.78, 5) is 4.61. The third-order valence-corrected chi connectivity index (χ3v) is 6.96. The van der Waals surface area contributed by atoms with Gasteiger partial charge < -0.3 is 9.14 Å². The van der Waals surface area contributed by atoms with Crippen LogP contribution in [-0.4, -0.2) is 26.7 Å². The monoisotopic (exact) mass is 400 g/mol. The van der Waals surface area contributed by atoms with Gasteiger partial charge in [-0.1, -0.05) is 53.1 Å². The van der Waals surface area contributed by atoms with Crippen LogP contribution in [-0.2, 0) is 11.5 Å². The Morgan fingerprint density at radius 3 is 2.50 bits per heavy atom. The van der Waals surface area contributed by atoms with E-state index < -0.39 is 0 Å². The lowest BCUT2D eigenvalue weighted by Crippen LogP contribution is -1.84. The van der Waals surface area contributed by atoms with Gasteiger partial charge in [0.1, 0.15) is 11.4 Å². The molecule has 0 saturated carbocycles. The molecule has 0 bridgehead atoms. The van der Waals surface area contributed by atoms with Gasteiger partial charge in [-0.3, -0.25) is 0 Å². The van der Waals surface area contributed by atoms with Gasteiger partial charge in [0, 0.05) is 23.9 Å². The molecular formula is C18H16N4OS3. The van der Waals surface area contributed by atoms with Crippen molar-refractivity contribution in [1.29, 1.82) is 0 Å². The van der Waals surface area contributed by atoms with E-state index in [-0.39, 0.29) is 0 Å². The summed E-state index contributed by atoms with van der Waals surface area (Å²) in [6.07, 6.45) is 4.07. The molecule has 0 atom stereocenters. The van der Waals surface area contributed by atoms with Crippen LogP contribution in [0.15, 0.2) is 63.5 Å². The number of ether oxygens (including phenoxy) is 1. The number of hydrogen-bond acceptors (Lipinski definition) is 7. The van der Waals surface area contributed by atoms with Gasteiger partial charge in [0.15, 0.2) is 8.68 Å². The van der Waals surface area contributed by atoms with Crippen LogP contribution in [0.5, 0.6) is 5.75 Å². The number of aromatic nitrogens is 4. The van der Waals surface area contributed by atoms with Gasteiger partial charge >= 0.3 is 0 Å². The van der Waals surface area contributed by atoms with E-state index in [4.69, 9.17) is 4.74 Å². The third kappa shape index (κ3) is 4.20. The van der Waals surface area contributed by atoms with Crippen LogP contribution in [0.1, 0.15) is 11.3 Å². The standard InChI is InChI=1S/C18H16N4OS3/c1-23-15-7-5-13(6-8-15)11-24-17-20-21-18(26-17)25-12-14-10-22-9-3-2-4-16(22)19-14/h2-10H,11-12H2,1H3. The van der Waals surface area contributed by atoms with Crippen LogP contribution >= 0.6 is 34.9 Å². The van der Waals surface area contributed by atoms with Crippen molar-refractivity contribution in [2.24, 2.45) is 0 Å². The van der Waals surface area contributed by atoms with Crippen molar-refractivity contribution in [3.05, 3.63) is 66.1 Å². The molecule has 3 aromatic heterocycles. The molecule has 132 valence electrons. The zero-order valence-electron chi connectivity index (χ0n) is 14.0. The minimum Gasteiger partial charge on any atom is -0.497 e. The van der Waals surface area contributed by atoms with E-state index in [2.05, 4.69) is 33.5 Å². The zero-order chi connectivity index (χ0) is 17.8. The van der Waals surface area contributed by atoms with Crippen molar-refractivity contribution in [2.75, 3.05) is 7.11 Å². The molecule has 0 fully saturated rings. The number of thioether (sulfide) groups is 2. The van der Waals surface area contributed by atoms with Crippen LogP contribution in [0.3, 0.4) is 0 Å². The summed E-state index contributed by atoms with van der Waals surface area (Å²) in [5.74, 6) is 2.54. The fourth-order valence-corrected chi connectivity index (χ4v) is 5.23. The maximum absolute atomic E-state index is 5.18. The number of imidazole rings is 1. The Hall–Kier alpha value is -2.03. The lowest BCUT2D eigenvalue weighted by molar-refractivity contribution is 0.414. The molecule has 3 heterocycles. The molecule has 0 spiro atoms. The summed E-state index contributed by atoms with van der Waals surface area (Å²) < 4.78 is 9.17. The molecule has 0 aliphatic carbocycles. The molecular weight excluding hydrogens is 384 g/mol. The highest BCUT2D eigenvalue weighted by molar-refractivity contribution is 8.02. The number of nitrogens with zero attached hydrogens (tertiary/aromatic N) is 4. The van der Waals surface area contributed by atoms with Crippen molar-refractivity contribution in [3.8, 4) is 5.75 Å². The number of pyridine rings is 1. The van der Waals surface area contributed by atoms with Gasteiger partial charge in [0.2, 0.25) is 0 Å². The van der Waals surface area contributed by atoms with Crippen LogP contribution in [0, 0.1) is 0 Å². The van der Waals surface area contributed by atoms with Crippen molar-refractivity contribution >= 4 is 40.5 Å². The van der Waals surface area contributed by atoms with E-state index in [1.54, 1.807) is 42.0 Å². The van der Waals surface area contributed by atoms with Crippen molar-refractivity contribution in [3.63, 3.8) is 0 Å². The average molecular weight is 401 g/mol. The molecule has 0 aliphatic heterocycles. The summed E-state index contributed by atoms with van der Waals surface area (Å²) in [7, 11) is 1.68. The van der Waals surface area contributed by atoms with Crippen molar-refractivity contribution in [2.45, 2.75) is 20.2 Å². The highest BCUT2D eigenvalue weighted by Crippen LogP contribution is 2.32. The topological polar surface area (TPSA) is 52.3 Å². The highest BCUT2D eigenvalue weighted by atomic mass is 32.2. The lowest BCUT2D eigenvalue weighted by atomic mass is 10.2. The second-order valence-electron chi connectivity index (χ2n) is 5.46. The predicted octanol–water partition coefficient (Wildman–Crippen LogP) is 4.78. The molecule has 0 amide bonds. The molecule has 0 N–H and O–H groups in total. The van der Waals surface area contributed by atoms with Crippen molar-refractivity contribution in [1.82, 2.24) is 19.6 Å². The zero-order valence-corrected chi connectivity index (χ0v) is 16.5. The molecule has 4 aromatic rings. The van der Waals surface area contributed by atoms with E-state index in [0.29, 0.717) is 0 Å². The quantitative estimate of drug-likeness (QED) is 0.416. The fourth-order valence-electron chi connectivity index (χ4n) is 2.37. The van der Waals surface area contributed by atoms with Crippen molar-refractivity contribution < 1.29 is 4.74 Å². The van der Waals surface area contributed by atoms with E-state index >= 15 is 0 Å². The first-order chi connectivity index (χ1) is 12.8. The van der Waals surface area contributed by atoms with Crippen LogP contribution < -0.4 is 4.74 Å². The van der Waals surface area contributed by atoms with E-state index in [1.807, 2.05) is 40.9 Å². The average Bonchev–Trinajstić information content (AvgIpc) is 3.31. The number of benzene rings is 1. The minimum absolute atomic E-state index is 0.791. The molecule has 0 aliphatic rings. The van der Waals surface area contributed by atoms with Gasteiger partial charge in [-0.15, -0.1) is 10.2 Å². The molecule has 4 rings (SSSR count). The summed E-state index contributed by atoms with van der Waals surface area (Å²) >= 11 is 5.01. The molecule has 1 aromatic carbocycles. The second kappa shape index (κ2) is 8.11. The molecule has 5 nitrogen and oxygen atoms in total. The Kier molecular flexibility index (Phi) is 5.42. The molecule has 8 heteroatoms. The number of methoxy groups -OCH3 is 1. The minimum atomic E-state index is 0.791. The summed E-state index contributed by atoms with van der Waals surface area (Å²) in [6, 6.07) is 14.1. The number of fused-ring (bicyclic) bond motifs is 1. The predicted molar refractivity (Wildman–Crippen MR) is 107 cm³/mol. The van der Waals surface area contributed by atoms with E-state index in [9.17, 15) is 0 Å². The molecule has 0 saturated heterocycles. The Morgan fingerprint density at radius 2 is 1.77 bits per heavy atom. The lowest BCUT2D eigenvalue weighted by Gasteiger charge is -2.01. The number of rotatable bonds is 7. The summed E-state index contributed by atoms with van der Waals surface area (Å²) in [6.45, 7) is 0. The smallest absolute Gasteiger partial charge is 0.175 e. The first-order valence-corrected chi connectivity index (χ1v) is 10.7. The van der Waals surface area contributed by atoms with Gasteiger partial charge in [-0.2, -0.15) is 0 Å². The highest BCUT2D eigenvalue weighted by Gasteiger charge is 2.08. The third-order valence-electron chi connectivity index (χ3n) is 3.67. The van der Waals surface area contributed by atoms with Crippen LogP contribution in [0.25, 0.3) is 5.65 Å². The van der Waals surface area contributed by atoms with Gasteiger partial charge in [0.05, 0.1) is 12.8 Å². The Morgan fingerprint density at radius 1 is 1.00 bits per heavy atom. The first-order valence-electron chi connectivity index (χ1n) is 7.95. The summed E-state index contributed by atoms with van der Waals surface area (Å²) in [5, 5.41) is 8.56. The Bertz CT molecular complexity index is 964. The maximum atomic E-state index is 5.18. The Balaban J connectivity index is 1.32. The molecule has 0 unspecified atom stereocenters. The fraction of sp³-hybridized carbons (Fsp3) is 0.167. The molecule has 0 radical (unpaired) electrons. The summed E-state index contributed by atoms with van der Waals surface area (Å²) in [5.41, 5.74) is 3.25. The number of hydrogen-bond donors (Lipinski definition) is 0. The first kappa shape index (κ1) is 17.4. The largest absolute Gasteiger partial charge is 0.497 e. The normalized spacial score (nSPS) is 11.1. The molecule has 26 heavy (non-hydrogen) atoms. The van der Waals surface area contributed by atoms with Gasteiger partial charge in [-0.05, 0) is 29.8 Å². The van der Waals surface area contributed by atoms with E-state index in [0.717, 1.165) is 37.3 Å².